The van der Waals surface area contributed by atoms with Gasteiger partial charge in [-0.15, -0.1) is 0 Å². The number of hydrogen-bond acceptors (Lipinski definition) is 9. The molecule has 3 amide bonds. The van der Waals surface area contributed by atoms with Gasteiger partial charge in [-0.1, -0.05) is 29.8 Å². The highest BCUT2D eigenvalue weighted by Gasteiger charge is 2.39. The number of halogens is 1. The first-order chi connectivity index (χ1) is 24.5. The van der Waals surface area contributed by atoms with Crippen LogP contribution in [0, 0.1) is 12.3 Å². The first kappa shape index (κ1) is 35.1. The van der Waals surface area contributed by atoms with Gasteiger partial charge in [0.15, 0.2) is 0 Å². The van der Waals surface area contributed by atoms with E-state index in [4.69, 9.17) is 16.6 Å². The second kappa shape index (κ2) is 14.4. The molecule has 4 fully saturated rings. The van der Waals surface area contributed by atoms with Crippen molar-refractivity contribution in [1.82, 2.24) is 29.9 Å². The lowest BCUT2D eigenvalue weighted by Gasteiger charge is -2.47. The van der Waals surface area contributed by atoms with Crippen molar-refractivity contribution in [2.45, 2.75) is 69.7 Å². The number of piperidine rings is 4. The minimum Gasteiger partial charge on any atom is -0.378 e. The highest BCUT2D eigenvalue weighted by Crippen LogP contribution is 2.43. The van der Waals surface area contributed by atoms with Crippen LogP contribution >= 0.6 is 11.6 Å². The fraction of sp³-hybridized carbons (Fsp3) is 0.526. The molecule has 51 heavy (non-hydrogen) atoms. The van der Waals surface area contributed by atoms with Crippen LogP contribution in [-0.2, 0) is 16.6 Å². The van der Waals surface area contributed by atoms with Crippen molar-refractivity contribution >= 4 is 40.8 Å². The summed E-state index contributed by atoms with van der Waals surface area (Å²) in [7, 11) is 3.68. The number of rotatable bonds is 6. The third-order valence-corrected chi connectivity index (χ3v) is 12.0. The lowest BCUT2D eigenvalue weighted by molar-refractivity contribution is -0.134. The first-order valence-electron chi connectivity index (χ1n) is 18.1. The van der Waals surface area contributed by atoms with Gasteiger partial charge >= 0.3 is 0 Å². The number of carbonyl (C=O) groups excluding carboxylic acids is 3. The molecule has 13 heteroatoms. The second-order valence-electron chi connectivity index (χ2n) is 15.1. The number of anilines is 2. The van der Waals surface area contributed by atoms with Crippen LogP contribution in [0.4, 0.5) is 11.5 Å². The summed E-state index contributed by atoms with van der Waals surface area (Å²) in [5.41, 5.74) is 4.31. The number of pyridine rings is 1. The number of amides is 3. The molecule has 4 saturated heterocycles. The predicted octanol–water partition coefficient (Wildman–Crippen LogP) is 4.08. The van der Waals surface area contributed by atoms with Crippen molar-refractivity contribution < 1.29 is 14.4 Å². The molecule has 1 aromatic carbocycles. The van der Waals surface area contributed by atoms with E-state index in [-0.39, 0.29) is 51.6 Å². The van der Waals surface area contributed by atoms with E-state index in [2.05, 4.69) is 50.8 Å². The number of likely N-dealkylation sites (tertiary alicyclic amines) is 2. The highest BCUT2D eigenvalue weighted by molar-refractivity contribution is 6.32. The number of nitrogens with zero attached hydrogens (tertiary/aromatic N) is 6. The summed E-state index contributed by atoms with van der Waals surface area (Å²) in [6, 6.07) is 10.3. The Morgan fingerprint density at radius 1 is 0.961 bits per heavy atom. The summed E-state index contributed by atoms with van der Waals surface area (Å²) in [6.45, 7) is 7.14. The Hall–Kier alpha value is -4.29. The van der Waals surface area contributed by atoms with Gasteiger partial charge < -0.3 is 20.0 Å². The molecule has 4 aliphatic rings. The van der Waals surface area contributed by atoms with Crippen LogP contribution in [0.15, 0.2) is 47.5 Å². The van der Waals surface area contributed by atoms with Crippen LogP contribution in [0.1, 0.15) is 83.8 Å². The maximum absolute atomic E-state index is 13.6. The molecule has 2 N–H and O–H groups in total. The third kappa shape index (κ3) is 7.39. The zero-order chi connectivity index (χ0) is 35.9. The minimum atomic E-state index is -0.328. The highest BCUT2D eigenvalue weighted by atomic mass is 35.5. The standard InChI is InChI=1S/C38H47ClN8O4/c1-24-18-27(30-8-9-32(48)43-35(30)49)20-40-34(24)46-14-10-38(11-15-46)12-16-47(17-13-38)36(50)26-6-4-25(5-7-26)28-19-29(23-44(2)22-28)42-31-21-41-45(3)37(51)33(31)39/h4-7,18,20-21,28-30,42H,8-17,19,22-23H2,1-3H3,(H,43,48,49)/t28-,29+,30?/m1/s1. The Labute approximate surface area is 303 Å². The van der Waals surface area contributed by atoms with Gasteiger partial charge in [0, 0.05) is 70.5 Å². The van der Waals surface area contributed by atoms with Crippen molar-refractivity contribution in [3.8, 4) is 0 Å². The van der Waals surface area contributed by atoms with Gasteiger partial charge in [0.2, 0.25) is 11.8 Å². The average Bonchev–Trinajstić information content (AvgIpc) is 3.12. The van der Waals surface area contributed by atoms with Crippen LogP contribution in [-0.4, -0.2) is 94.6 Å². The van der Waals surface area contributed by atoms with Crippen molar-refractivity contribution in [3.63, 3.8) is 0 Å². The van der Waals surface area contributed by atoms with Crippen molar-refractivity contribution in [3.05, 3.63) is 80.4 Å². The van der Waals surface area contributed by atoms with Gasteiger partial charge in [-0.25, -0.2) is 9.67 Å². The zero-order valence-corrected chi connectivity index (χ0v) is 30.4. The molecule has 3 aromatic rings. The summed E-state index contributed by atoms with van der Waals surface area (Å²) >= 11 is 6.32. The predicted molar refractivity (Wildman–Crippen MR) is 196 cm³/mol. The van der Waals surface area contributed by atoms with Crippen LogP contribution in [0.3, 0.4) is 0 Å². The van der Waals surface area contributed by atoms with E-state index >= 15 is 0 Å². The molecule has 270 valence electrons. The Morgan fingerprint density at radius 2 is 1.67 bits per heavy atom. The third-order valence-electron chi connectivity index (χ3n) is 11.6. The molecule has 12 nitrogen and oxygen atoms in total. The zero-order valence-electron chi connectivity index (χ0n) is 29.7. The number of nitrogens with one attached hydrogen (secondary N) is 2. The smallest absolute Gasteiger partial charge is 0.287 e. The summed E-state index contributed by atoms with van der Waals surface area (Å²) in [5, 5.41) is 10.1. The van der Waals surface area contributed by atoms with Gasteiger partial charge in [-0.3, -0.25) is 24.5 Å². The minimum absolute atomic E-state index is 0.0952. The van der Waals surface area contributed by atoms with Crippen LogP contribution in [0.25, 0.3) is 0 Å². The molecule has 1 unspecified atom stereocenters. The maximum atomic E-state index is 13.6. The Morgan fingerprint density at radius 3 is 2.35 bits per heavy atom. The molecule has 4 aliphatic heterocycles. The number of hydrogen-bond donors (Lipinski definition) is 2. The number of benzene rings is 1. The van der Waals surface area contributed by atoms with E-state index in [1.165, 1.54) is 10.2 Å². The average molecular weight is 715 g/mol. The van der Waals surface area contributed by atoms with Gasteiger partial charge in [0.1, 0.15) is 10.8 Å². The summed E-state index contributed by atoms with van der Waals surface area (Å²) < 4.78 is 1.23. The first-order valence-corrected chi connectivity index (χ1v) is 18.5. The number of imide groups is 1. The molecule has 0 radical (unpaired) electrons. The van der Waals surface area contributed by atoms with Crippen molar-refractivity contribution in [1.29, 1.82) is 0 Å². The summed E-state index contributed by atoms with van der Waals surface area (Å²) in [4.78, 5) is 61.2. The van der Waals surface area contributed by atoms with E-state index < -0.39 is 0 Å². The van der Waals surface area contributed by atoms with Gasteiger partial charge in [-0.2, -0.15) is 5.10 Å². The Kier molecular flexibility index (Phi) is 9.91. The molecule has 0 bridgehead atoms. The van der Waals surface area contributed by atoms with Gasteiger partial charge in [0.25, 0.3) is 11.5 Å². The quantitative estimate of drug-likeness (QED) is 0.363. The fourth-order valence-corrected chi connectivity index (χ4v) is 8.80. The lowest BCUT2D eigenvalue weighted by Crippen LogP contribution is -2.48. The molecular weight excluding hydrogens is 668 g/mol. The van der Waals surface area contributed by atoms with E-state index in [0.29, 0.717) is 18.5 Å². The number of aromatic nitrogens is 3. The van der Waals surface area contributed by atoms with E-state index in [1.807, 2.05) is 24.0 Å². The maximum Gasteiger partial charge on any atom is 0.287 e. The number of aryl methyl sites for hydroxylation is 2. The van der Waals surface area contributed by atoms with E-state index in [9.17, 15) is 19.2 Å². The molecule has 6 heterocycles. The monoisotopic (exact) mass is 714 g/mol. The van der Waals surface area contributed by atoms with Crippen LogP contribution < -0.4 is 21.1 Å². The molecule has 7 rings (SSSR count). The van der Waals surface area contributed by atoms with E-state index in [0.717, 1.165) is 93.9 Å². The van der Waals surface area contributed by atoms with Crippen LogP contribution in [0.5, 0.6) is 0 Å². The van der Waals surface area contributed by atoms with Crippen molar-refractivity contribution in [2.24, 2.45) is 12.5 Å². The number of carbonyl (C=O) groups is 3. The molecule has 1 spiro atoms. The lowest BCUT2D eigenvalue weighted by atomic mass is 9.71. The summed E-state index contributed by atoms with van der Waals surface area (Å²) in [5.74, 6) is 0.562. The SMILES string of the molecule is Cc1cc(C2CCC(=O)NC2=O)cnc1N1CCC2(CCN(C(=O)c3ccc([C@@H]4C[C@H](Nc5cnn(C)c(=O)c5Cl)CN(C)C4)cc3)CC2)CC1. The van der Waals surface area contributed by atoms with Gasteiger partial charge in [-0.05, 0) is 92.7 Å². The van der Waals surface area contributed by atoms with Crippen molar-refractivity contribution in [2.75, 3.05) is 56.5 Å². The Balaban J connectivity index is 0.912. The molecule has 2 aromatic heterocycles. The molecule has 0 aliphatic carbocycles. The fourth-order valence-electron chi connectivity index (χ4n) is 8.58. The summed E-state index contributed by atoms with van der Waals surface area (Å²) in [6.07, 6.45) is 9.29. The number of likely N-dealkylation sites (N-methyl/N-ethyl adjacent to an activating group) is 1. The second-order valence-corrected chi connectivity index (χ2v) is 15.5. The largest absolute Gasteiger partial charge is 0.378 e. The normalized spacial score (nSPS) is 24.0. The Bertz CT molecular complexity index is 1860. The van der Waals surface area contributed by atoms with E-state index in [1.54, 1.807) is 19.4 Å². The molecule has 0 saturated carbocycles. The molecular formula is C38H47ClN8O4. The molecule has 3 atom stereocenters. The topological polar surface area (TPSA) is 133 Å². The van der Waals surface area contributed by atoms with Crippen LogP contribution in [0.2, 0.25) is 5.02 Å². The van der Waals surface area contributed by atoms with Gasteiger partial charge in [0.05, 0.1) is 17.8 Å².